The molecule has 29 heavy (non-hydrogen) atoms. The number of carbonyl (C=O) groups is 1. The fourth-order valence-corrected chi connectivity index (χ4v) is 4.29. The van der Waals surface area contributed by atoms with Gasteiger partial charge in [0.1, 0.15) is 0 Å². The Kier molecular flexibility index (Phi) is 6.93. The minimum Gasteiger partial charge on any atom is -0.339 e. The molecule has 2 aromatic rings. The summed E-state index contributed by atoms with van der Waals surface area (Å²) in [6.45, 7) is 8.24. The van der Waals surface area contributed by atoms with Crippen LogP contribution in [0.15, 0.2) is 22.7 Å². The maximum absolute atomic E-state index is 13.0. The number of nitrogens with one attached hydrogen (secondary N) is 1. The summed E-state index contributed by atoms with van der Waals surface area (Å²) in [6, 6.07) is 6.17. The number of rotatable bonds is 3. The lowest BCUT2D eigenvalue weighted by Gasteiger charge is -2.31. The molecule has 8 heteroatoms. The van der Waals surface area contributed by atoms with Crippen molar-refractivity contribution in [2.24, 2.45) is 0 Å². The number of aryl methyl sites for hydroxylation is 2. The Morgan fingerprint density at radius 1 is 1.21 bits per heavy atom. The highest BCUT2D eigenvalue weighted by molar-refractivity contribution is 5.94. The van der Waals surface area contributed by atoms with E-state index in [-0.39, 0.29) is 30.3 Å². The summed E-state index contributed by atoms with van der Waals surface area (Å²) in [7, 11) is 2.09. The lowest BCUT2D eigenvalue weighted by Crippen LogP contribution is -2.44. The van der Waals surface area contributed by atoms with Crippen LogP contribution in [0.4, 0.5) is 0 Å². The van der Waals surface area contributed by atoms with Crippen LogP contribution in [0.1, 0.15) is 58.0 Å². The highest BCUT2D eigenvalue weighted by Gasteiger charge is 2.31. The Labute approximate surface area is 178 Å². The molecule has 1 amide bonds. The van der Waals surface area contributed by atoms with E-state index in [0.29, 0.717) is 12.4 Å². The quantitative estimate of drug-likeness (QED) is 0.824. The number of hydrogen-bond acceptors (Lipinski definition) is 6. The van der Waals surface area contributed by atoms with E-state index in [9.17, 15) is 4.79 Å². The number of carbonyl (C=O) groups excluding carboxylic acids is 1. The van der Waals surface area contributed by atoms with Crippen molar-refractivity contribution in [2.75, 3.05) is 39.8 Å². The minimum absolute atomic E-state index is 0. The molecule has 2 fully saturated rings. The van der Waals surface area contributed by atoms with E-state index in [4.69, 9.17) is 9.51 Å². The molecule has 4 rings (SSSR count). The van der Waals surface area contributed by atoms with E-state index in [1.54, 1.807) is 0 Å². The van der Waals surface area contributed by atoms with Gasteiger partial charge >= 0.3 is 0 Å². The average Bonchev–Trinajstić information content (AvgIpc) is 3.17. The topological polar surface area (TPSA) is 74.5 Å². The van der Waals surface area contributed by atoms with Gasteiger partial charge in [0, 0.05) is 38.3 Å². The summed E-state index contributed by atoms with van der Waals surface area (Å²) >= 11 is 0. The maximum atomic E-state index is 13.0. The van der Waals surface area contributed by atoms with Crippen molar-refractivity contribution in [3.63, 3.8) is 0 Å². The molecule has 2 aliphatic heterocycles. The van der Waals surface area contributed by atoms with Gasteiger partial charge in [-0.25, -0.2) is 0 Å². The highest BCUT2D eigenvalue weighted by Crippen LogP contribution is 2.28. The van der Waals surface area contributed by atoms with E-state index in [1.807, 2.05) is 30.9 Å². The number of piperidine rings is 1. The van der Waals surface area contributed by atoms with Crippen molar-refractivity contribution in [3.05, 3.63) is 46.6 Å². The van der Waals surface area contributed by atoms with Crippen molar-refractivity contribution in [2.45, 2.75) is 38.6 Å². The summed E-state index contributed by atoms with van der Waals surface area (Å²) in [5, 5.41) is 7.63. The zero-order chi connectivity index (χ0) is 19.7. The SMILES string of the molecule is Cc1cc(C)cc(C(=O)N2CCCC(c3nc(C4CNCCN4C)no3)C2)c1.Cl. The van der Waals surface area contributed by atoms with Crippen LogP contribution in [0.2, 0.25) is 0 Å². The van der Waals surface area contributed by atoms with E-state index in [0.717, 1.165) is 61.5 Å². The van der Waals surface area contributed by atoms with Crippen molar-refractivity contribution < 1.29 is 9.32 Å². The minimum atomic E-state index is 0. The molecule has 2 aliphatic rings. The fourth-order valence-electron chi connectivity index (χ4n) is 4.29. The lowest BCUT2D eigenvalue weighted by molar-refractivity contribution is 0.0695. The van der Waals surface area contributed by atoms with Gasteiger partial charge in [0.05, 0.1) is 12.0 Å². The van der Waals surface area contributed by atoms with E-state index in [2.05, 4.69) is 28.5 Å². The van der Waals surface area contributed by atoms with Crippen LogP contribution >= 0.6 is 12.4 Å². The number of amides is 1. The molecule has 0 spiro atoms. The zero-order valence-electron chi connectivity index (χ0n) is 17.4. The molecule has 0 radical (unpaired) electrons. The first kappa shape index (κ1) is 21.7. The number of nitrogens with zero attached hydrogens (tertiary/aromatic N) is 4. The molecule has 1 aromatic carbocycles. The summed E-state index contributed by atoms with van der Waals surface area (Å²) in [5.41, 5.74) is 2.99. The Hall–Kier alpha value is -1.96. The predicted octanol–water partition coefficient (Wildman–Crippen LogP) is 2.70. The first-order valence-corrected chi connectivity index (χ1v) is 10.1. The molecular weight excluding hydrogens is 390 g/mol. The fraction of sp³-hybridized carbons (Fsp3) is 0.571. The third-order valence-corrected chi connectivity index (χ3v) is 5.79. The predicted molar refractivity (Wildman–Crippen MR) is 114 cm³/mol. The van der Waals surface area contributed by atoms with Crippen molar-refractivity contribution in [3.8, 4) is 0 Å². The Bertz CT molecular complexity index is 835. The van der Waals surface area contributed by atoms with Crippen LogP contribution < -0.4 is 5.32 Å². The van der Waals surface area contributed by atoms with Gasteiger partial charge in [-0.1, -0.05) is 22.3 Å². The first-order chi connectivity index (χ1) is 13.5. The standard InChI is InChI=1S/C21H29N5O2.ClH/c1-14-9-15(2)11-17(10-14)21(27)26-7-4-5-16(13-26)20-23-19(24-28-20)18-12-22-6-8-25(18)3;/h9-11,16,18,22H,4-8,12-13H2,1-3H3;1H. The van der Waals surface area contributed by atoms with Gasteiger partial charge in [-0.15, -0.1) is 12.4 Å². The molecule has 0 saturated carbocycles. The molecule has 3 heterocycles. The van der Waals surface area contributed by atoms with Gasteiger partial charge in [-0.2, -0.15) is 4.98 Å². The smallest absolute Gasteiger partial charge is 0.253 e. The molecule has 1 aromatic heterocycles. The van der Waals surface area contributed by atoms with Crippen LogP contribution in [-0.2, 0) is 0 Å². The molecule has 0 bridgehead atoms. The van der Waals surface area contributed by atoms with Crippen LogP contribution in [-0.4, -0.2) is 65.6 Å². The largest absolute Gasteiger partial charge is 0.339 e. The summed E-state index contributed by atoms with van der Waals surface area (Å²) in [4.78, 5) is 21.9. The van der Waals surface area contributed by atoms with Crippen LogP contribution in [0.3, 0.4) is 0 Å². The Morgan fingerprint density at radius 2 is 1.97 bits per heavy atom. The van der Waals surface area contributed by atoms with E-state index >= 15 is 0 Å². The molecular formula is C21H30ClN5O2. The molecule has 1 N–H and O–H groups in total. The second-order valence-electron chi connectivity index (χ2n) is 8.16. The number of halogens is 1. The summed E-state index contributed by atoms with van der Waals surface area (Å²) in [6.07, 6.45) is 1.92. The highest BCUT2D eigenvalue weighted by atomic mass is 35.5. The van der Waals surface area contributed by atoms with E-state index < -0.39 is 0 Å². The number of piperazine rings is 1. The third-order valence-electron chi connectivity index (χ3n) is 5.79. The van der Waals surface area contributed by atoms with Gasteiger partial charge in [0.25, 0.3) is 5.91 Å². The molecule has 0 aliphatic carbocycles. The van der Waals surface area contributed by atoms with Crippen molar-refractivity contribution in [1.29, 1.82) is 0 Å². The number of likely N-dealkylation sites (tertiary alicyclic amines) is 1. The van der Waals surface area contributed by atoms with Gasteiger partial charge in [-0.05, 0) is 45.9 Å². The van der Waals surface area contributed by atoms with Crippen LogP contribution in [0.5, 0.6) is 0 Å². The van der Waals surface area contributed by atoms with Gasteiger partial charge in [0.2, 0.25) is 5.89 Å². The van der Waals surface area contributed by atoms with E-state index in [1.165, 1.54) is 0 Å². The van der Waals surface area contributed by atoms with Gasteiger partial charge in [0.15, 0.2) is 5.82 Å². The third kappa shape index (κ3) is 4.79. The molecule has 7 nitrogen and oxygen atoms in total. The number of hydrogen-bond donors (Lipinski definition) is 1. The molecule has 2 unspecified atom stereocenters. The maximum Gasteiger partial charge on any atom is 0.253 e. The number of benzene rings is 1. The molecule has 2 atom stereocenters. The van der Waals surface area contributed by atoms with Gasteiger partial charge < -0.3 is 14.7 Å². The Balaban J connectivity index is 0.00000240. The van der Waals surface area contributed by atoms with Crippen molar-refractivity contribution >= 4 is 18.3 Å². The van der Waals surface area contributed by atoms with Crippen LogP contribution in [0, 0.1) is 13.8 Å². The monoisotopic (exact) mass is 419 g/mol. The number of aromatic nitrogens is 2. The summed E-state index contributed by atoms with van der Waals surface area (Å²) in [5.74, 6) is 1.59. The summed E-state index contributed by atoms with van der Waals surface area (Å²) < 4.78 is 5.62. The second-order valence-corrected chi connectivity index (χ2v) is 8.16. The van der Waals surface area contributed by atoms with Gasteiger partial charge in [-0.3, -0.25) is 9.69 Å². The lowest BCUT2D eigenvalue weighted by atomic mass is 9.96. The Morgan fingerprint density at radius 3 is 2.69 bits per heavy atom. The second kappa shape index (κ2) is 9.24. The normalized spacial score (nSPS) is 22.9. The first-order valence-electron chi connectivity index (χ1n) is 10.1. The van der Waals surface area contributed by atoms with Crippen LogP contribution in [0.25, 0.3) is 0 Å². The average molecular weight is 420 g/mol. The molecule has 158 valence electrons. The van der Waals surface area contributed by atoms with Crippen molar-refractivity contribution in [1.82, 2.24) is 25.3 Å². The number of likely N-dealkylation sites (N-methyl/N-ethyl adjacent to an activating group) is 1. The zero-order valence-corrected chi connectivity index (χ0v) is 18.2. The molecule has 2 saturated heterocycles.